The quantitative estimate of drug-likeness (QED) is 0.691. The van der Waals surface area contributed by atoms with Gasteiger partial charge in [0, 0.05) is 30.9 Å². The highest BCUT2D eigenvalue weighted by Gasteiger charge is 2.17. The molecule has 0 amide bonds. The van der Waals surface area contributed by atoms with Crippen LogP contribution in [0.5, 0.6) is 0 Å². The van der Waals surface area contributed by atoms with Crippen LogP contribution in [0.3, 0.4) is 0 Å². The molecule has 0 spiro atoms. The first-order valence-corrected chi connectivity index (χ1v) is 9.92. The Morgan fingerprint density at radius 1 is 1.19 bits per heavy atom. The number of nitrogens with zero attached hydrogens (tertiary/aromatic N) is 4. The van der Waals surface area contributed by atoms with Crippen LogP contribution in [0.2, 0.25) is 0 Å². The molecule has 1 aromatic carbocycles. The molecule has 1 atom stereocenters. The molecule has 0 radical (unpaired) electrons. The fourth-order valence-corrected chi connectivity index (χ4v) is 4.04. The number of hydrogen-bond donors (Lipinski definition) is 2. The third-order valence-corrected chi connectivity index (χ3v) is 5.61. The summed E-state index contributed by atoms with van der Waals surface area (Å²) in [6.45, 7) is 2.81. The van der Waals surface area contributed by atoms with Gasteiger partial charge in [0.2, 0.25) is 0 Å². The number of aromatic amines is 1. The zero-order valence-electron chi connectivity index (χ0n) is 16.2. The van der Waals surface area contributed by atoms with E-state index in [9.17, 15) is 0 Å². The Labute approximate surface area is 160 Å². The topological polar surface area (TPSA) is 71.4 Å². The van der Waals surface area contributed by atoms with E-state index in [0.29, 0.717) is 0 Å². The lowest BCUT2D eigenvalue weighted by Crippen LogP contribution is -2.19. The fraction of sp³-hybridized carbons (Fsp3) is 0.476. The molecular weight excluding hydrogens is 336 g/mol. The van der Waals surface area contributed by atoms with E-state index in [2.05, 4.69) is 57.9 Å². The first-order valence-electron chi connectivity index (χ1n) is 9.92. The standard InChI is InChI=1S/C21H28N6/c1-15(21-23-14-24-25-21)22-12-19-13-27(2)26-20(19)18-10-8-17(9-11-18)16-6-4-3-5-7-16/h8-11,13-16,22H,3-7,12H2,1-2H3,(H,23,24,25). The van der Waals surface area contributed by atoms with Crippen molar-refractivity contribution >= 4 is 0 Å². The molecule has 1 aliphatic carbocycles. The van der Waals surface area contributed by atoms with E-state index in [1.807, 2.05) is 11.7 Å². The molecule has 2 heterocycles. The van der Waals surface area contributed by atoms with Crippen LogP contribution in [-0.2, 0) is 13.6 Å². The highest BCUT2D eigenvalue weighted by Crippen LogP contribution is 2.33. The number of rotatable bonds is 6. The molecule has 0 aliphatic heterocycles. The van der Waals surface area contributed by atoms with Gasteiger partial charge >= 0.3 is 0 Å². The van der Waals surface area contributed by atoms with Gasteiger partial charge in [-0.15, -0.1) is 0 Å². The molecule has 1 aliphatic rings. The molecule has 0 saturated heterocycles. The van der Waals surface area contributed by atoms with E-state index in [-0.39, 0.29) is 6.04 Å². The van der Waals surface area contributed by atoms with Gasteiger partial charge in [0.1, 0.15) is 12.2 Å². The SMILES string of the molecule is CC(NCc1cn(C)nc1-c1ccc(C2CCCCC2)cc1)c1ncn[nH]1. The van der Waals surface area contributed by atoms with Gasteiger partial charge < -0.3 is 5.32 Å². The van der Waals surface area contributed by atoms with Gasteiger partial charge in [-0.05, 0) is 31.2 Å². The smallest absolute Gasteiger partial charge is 0.141 e. The molecule has 6 nitrogen and oxygen atoms in total. The minimum atomic E-state index is 0.106. The molecular formula is C21H28N6. The van der Waals surface area contributed by atoms with E-state index in [1.165, 1.54) is 55.1 Å². The molecule has 1 fully saturated rings. The normalized spacial score (nSPS) is 16.5. The number of benzene rings is 1. The third kappa shape index (κ3) is 4.11. The second-order valence-corrected chi connectivity index (χ2v) is 7.61. The predicted octanol–water partition coefficient (Wildman–Crippen LogP) is 4.10. The van der Waals surface area contributed by atoms with Crippen LogP contribution in [-0.4, -0.2) is 25.0 Å². The summed E-state index contributed by atoms with van der Waals surface area (Å²) in [5.41, 5.74) is 4.89. The van der Waals surface area contributed by atoms with E-state index in [4.69, 9.17) is 5.10 Å². The van der Waals surface area contributed by atoms with Crippen LogP contribution >= 0.6 is 0 Å². The molecule has 27 heavy (non-hydrogen) atoms. The van der Waals surface area contributed by atoms with Gasteiger partial charge in [0.25, 0.3) is 0 Å². The summed E-state index contributed by atoms with van der Waals surface area (Å²) in [5.74, 6) is 1.58. The van der Waals surface area contributed by atoms with Crippen LogP contribution in [0.25, 0.3) is 11.3 Å². The van der Waals surface area contributed by atoms with Crippen molar-refractivity contribution < 1.29 is 0 Å². The maximum absolute atomic E-state index is 4.70. The maximum Gasteiger partial charge on any atom is 0.141 e. The Morgan fingerprint density at radius 2 is 1.96 bits per heavy atom. The zero-order chi connectivity index (χ0) is 18.6. The van der Waals surface area contributed by atoms with Crippen molar-refractivity contribution in [3.05, 3.63) is 53.7 Å². The summed E-state index contributed by atoms with van der Waals surface area (Å²) in [6.07, 6.45) is 10.4. The minimum Gasteiger partial charge on any atom is -0.303 e. The molecule has 3 aromatic rings. The Bertz CT molecular complexity index is 843. The van der Waals surface area contributed by atoms with Crippen LogP contribution in [0, 0.1) is 0 Å². The largest absolute Gasteiger partial charge is 0.303 e. The fourth-order valence-electron chi connectivity index (χ4n) is 4.04. The van der Waals surface area contributed by atoms with Crippen LogP contribution in [0.15, 0.2) is 36.8 Å². The summed E-state index contributed by atoms with van der Waals surface area (Å²) in [4.78, 5) is 4.22. The molecule has 2 N–H and O–H groups in total. The van der Waals surface area contributed by atoms with E-state index >= 15 is 0 Å². The predicted molar refractivity (Wildman–Crippen MR) is 106 cm³/mol. The van der Waals surface area contributed by atoms with Gasteiger partial charge in [-0.3, -0.25) is 9.78 Å². The monoisotopic (exact) mass is 364 g/mol. The Hall–Kier alpha value is -2.47. The van der Waals surface area contributed by atoms with Gasteiger partial charge in [-0.2, -0.15) is 10.2 Å². The molecule has 0 bridgehead atoms. The van der Waals surface area contributed by atoms with Crippen molar-refractivity contribution in [3.8, 4) is 11.3 Å². The van der Waals surface area contributed by atoms with Gasteiger partial charge in [-0.1, -0.05) is 43.5 Å². The highest BCUT2D eigenvalue weighted by atomic mass is 15.3. The van der Waals surface area contributed by atoms with E-state index in [1.54, 1.807) is 0 Å². The zero-order valence-corrected chi connectivity index (χ0v) is 16.2. The van der Waals surface area contributed by atoms with Gasteiger partial charge in [0.05, 0.1) is 11.7 Å². The number of H-pyrrole nitrogens is 1. The van der Waals surface area contributed by atoms with Crippen molar-refractivity contribution in [1.82, 2.24) is 30.3 Å². The van der Waals surface area contributed by atoms with Crippen molar-refractivity contribution in [3.63, 3.8) is 0 Å². The van der Waals surface area contributed by atoms with Gasteiger partial charge in [-0.25, -0.2) is 4.98 Å². The number of hydrogen-bond acceptors (Lipinski definition) is 4. The second kappa shape index (κ2) is 8.05. The molecule has 1 unspecified atom stereocenters. The van der Waals surface area contributed by atoms with Crippen molar-refractivity contribution in [2.24, 2.45) is 7.05 Å². The lowest BCUT2D eigenvalue weighted by atomic mass is 9.84. The van der Waals surface area contributed by atoms with Crippen LogP contribution < -0.4 is 5.32 Å². The highest BCUT2D eigenvalue weighted by molar-refractivity contribution is 5.63. The van der Waals surface area contributed by atoms with Crippen molar-refractivity contribution in [2.75, 3.05) is 0 Å². The van der Waals surface area contributed by atoms with E-state index in [0.717, 1.165) is 24.0 Å². The molecule has 4 rings (SSSR count). The Morgan fingerprint density at radius 3 is 2.67 bits per heavy atom. The van der Waals surface area contributed by atoms with E-state index < -0.39 is 0 Å². The lowest BCUT2D eigenvalue weighted by molar-refractivity contribution is 0.443. The summed E-state index contributed by atoms with van der Waals surface area (Å²) in [7, 11) is 1.98. The summed E-state index contributed by atoms with van der Waals surface area (Å²) >= 11 is 0. The molecule has 6 heteroatoms. The number of aryl methyl sites for hydroxylation is 1. The Balaban J connectivity index is 1.48. The first kappa shape index (κ1) is 17.9. The lowest BCUT2D eigenvalue weighted by Gasteiger charge is -2.22. The number of nitrogens with one attached hydrogen (secondary N) is 2. The first-order chi connectivity index (χ1) is 13.2. The average molecular weight is 364 g/mol. The summed E-state index contributed by atoms with van der Waals surface area (Å²) < 4.78 is 1.89. The summed E-state index contributed by atoms with van der Waals surface area (Å²) in [6, 6.07) is 9.17. The minimum absolute atomic E-state index is 0.106. The van der Waals surface area contributed by atoms with Crippen molar-refractivity contribution in [1.29, 1.82) is 0 Å². The second-order valence-electron chi connectivity index (χ2n) is 7.61. The third-order valence-electron chi connectivity index (χ3n) is 5.61. The Kier molecular flexibility index (Phi) is 5.34. The summed E-state index contributed by atoms with van der Waals surface area (Å²) in [5, 5.41) is 15.0. The van der Waals surface area contributed by atoms with Gasteiger partial charge in [0.15, 0.2) is 0 Å². The molecule has 2 aromatic heterocycles. The average Bonchev–Trinajstić information content (AvgIpc) is 3.37. The van der Waals surface area contributed by atoms with Crippen LogP contribution in [0.4, 0.5) is 0 Å². The van der Waals surface area contributed by atoms with Crippen LogP contribution in [0.1, 0.15) is 67.9 Å². The maximum atomic E-state index is 4.70. The molecule has 142 valence electrons. The molecule has 1 saturated carbocycles. The number of aromatic nitrogens is 5. The van der Waals surface area contributed by atoms with Crippen molar-refractivity contribution in [2.45, 2.75) is 57.5 Å².